The molecule has 2 heterocycles. The molecule has 0 saturated heterocycles. The van der Waals surface area contributed by atoms with Gasteiger partial charge >= 0.3 is 0 Å². The van der Waals surface area contributed by atoms with Gasteiger partial charge in [-0.15, -0.1) is 0 Å². The van der Waals surface area contributed by atoms with Gasteiger partial charge in [-0.05, 0) is 43.3 Å². The summed E-state index contributed by atoms with van der Waals surface area (Å²) >= 11 is 0. The van der Waals surface area contributed by atoms with Gasteiger partial charge < -0.3 is 14.4 Å². The first-order chi connectivity index (χ1) is 13.5. The van der Waals surface area contributed by atoms with Crippen LogP contribution in [0, 0.1) is 0 Å². The molecule has 28 heavy (non-hydrogen) atoms. The highest BCUT2D eigenvalue weighted by atomic mass is 16.7. The van der Waals surface area contributed by atoms with E-state index in [0.29, 0.717) is 17.2 Å². The van der Waals surface area contributed by atoms with Crippen LogP contribution in [0.1, 0.15) is 13.0 Å². The van der Waals surface area contributed by atoms with E-state index >= 15 is 0 Å². The second-order valence-electron chi connectivity index (χ2n) is 6.48. The lowest BCUT2D eigenvalue weighted by Crippen LogP contribution is -2.38. The minimum atomic E-state index is -0.758. The van der Waals surface area contributed by atoms with Gasteiger partial charge in [-0.25, -0.2) is 4.68 Å². The molecule has 1 aliphatic heterocycles. The van der Waals surface area contributed by atoms with Crippen molar-refractivity contribution in [1.82, 2.24) is 9.78 Å². The summed E-state index contributed by atoms with van der Waals surface area (Å²) in [6, 6.07) is 17.0. The van der Waals surface area contributed by atoms with Crippen molar-refractivity contribution >= 4 is 11.6 Å². The number of aromatic nitrogens is 2. The number of carbonyl (C=O) groups is 1. The predicted octanol–water partition coefficient (Wildman–Crippen LogP) is 2.86. The summed E-state index contributed by atoms with van der Waals surface area (Å²) in [6.07, 6.45) is 0. The van der Waals surface area contributed by atoms with E-state index in [-0.39, 0.29) is 18.3 Å². The molecular weight excluding hydrogens is 358 g/mol. The van der Waals surface area contributed by atoms with E-state index in [1.807, 2.05) is 42.5 Å². The summed E-state index contributed by atoms with van der Waals surface area (Å²) in [5.41, 5.74) is 1.75. The number of ether oxygens (including phenoxy) is 2. The number of rotatable bonds is 4. The second-order valence-corrected chi connectivity index (χ2v) is 6.48. The highest BCUT2D eigenvalue weighted by Crippen LogP contribution is 2.35. The minimum Gasteiger partial charge on any atom is -0.454 e. The fraction of sp³-hybridized carbons (Fsp3) is 0.190. The van der Waals surface area contributed by atoms with Gasteiger partial charge in [-0.1, -0.05) is 18.2 Å². The van der Waals surface area contributed by atoms with E-state index in [9.17, 15) is 9.59 Å². The third-order valence-corrected chi connectivity index (χ3v) is 4.69. The van der Waals surface area contributed by atoms with Crippen LogP contribution in [-0.2, 0) is 4.79 Å². The molecule has 1 aliphatic rings. The SMILES string of the molecule is CC(C(=O)N(C)c1ccccc1)n1nc(-c2ccc3c(c2)OCO3)ccc1=O. The van der Waals surface area contributed by atoms with Gasteiger partial charge in [0.25, 0.3) is 11.5 Å². The molecule has 4 rings (SSSR count). The van der Waals surface area contributed by atoms with Gasteiger partial charge in [0.05, 0.1) is 5.69 Å². The van der Waals surface area contributed by atoms with Crippen LogP contribution in [-0.4, -0.2) is 29.5 Å². The Kier molecular flexibility index (Phi) is 4.57. The first-order valence-corrected chi connectivity index (χ1v) is 8.87. The van der Waals surface area contributed by atoms with Crippen LogP contribution in [0.15, 0.2) is 65.5 Å². The molecule has 142 valence electrons. The molecule has 7 heteroatoms. The molecule has 1 atom stereocenters. The summed E-state index contributed by atoms with van der Waals surface area (Å²) in [6.45, 7) is 1.85. The molecule has 1 aromatic heterocycles. The van der Waals surface area contributed by atoms with E-state index in [1.165, 1.54) is 15.6 Å². The molecule has 7 nitrogen and oxygen atoms in total. The van der Waals surface area contributed by atoms with Crippen LogP contribution in [0.2, 0.25) is 0 Å². The normalized spacial score (nSPS) is 13.2. The van der Waals surface area contributed by atoms with Crippen LogP contribution in [0.25, 0.3) is 11.3 Å². The predicted molar refractivity (Wildman–Crippen MR) is 105 cm³/mol. The summed E-state index contributed by atoms with van der Waals surface area (Å²) in [4.78, 5) is 26.8. The Morgan fingerprint density at radius 2 is 1.82 bits per heavy atom. The van der Waals surface area contributed by atoms with Gasteiger partial charge in [0.1, 0.15) is 6.04 Å². The Hall–Kier alpha value is -3.61. The zero-order chi connectivity index (χ0) is 19.7. The number of nitrogens with zero attached hydrogens (tertiary/aromatic N) is 3. The summed E-state index contributed by atoms with van der Waals surface area (Å²) in [5, 5.41) is 4.43. The van der Waals surface area contributed by atoms with E-state index in [2.05, 4.69) is 5.10 Å². The Balaban J connectivity index is 1.65. The number of para-hydroxylation sites is 1. The van der Waals surface area contributed by atoms with Gasteiger partial charge in [0.15, 0.2) is 11.5 Å². The van der Waals surface area contributed by atoms with Crippen molar-refractivity contribution in [3.8, 4) is 22.8 Å². The topological polar surface area (TPSA) is 73.7 Å². The third-order valence-electron chi connectivity index (χ3n) is 4.69. The van der Waals surface area contributed by atoms with Crippen LogP contribution >= 0.6 is 0 Å². The van der Waals surface area contributed by atoms with Crippen LogP contribution in [0.4, 0.5) is 5.69 Å². The third kappa shape index (κ3) is 3.22. The minimum absolute atomic E-state index is 0.184. The molecule has 0 fully saturated rings. The van der Waals surface area contributed by atoms with Crippen LogP contribution in [0.3, 0.4) is 0 Å². The van der Waals surface area contributed by atoms with Crippen molar-refractivity contribution in [2.24, 2.45) is 0 Å². The molecule has 0 saturated carbocycles. The highest BCUT2D eigenvalue weighted by molar-refractivity contribution is 5.95. The lowest BCUT2D eigenvalue weighted by Gasteiger charge is -2.22. The second kappa shape index (κ2) is 7.19. The van der Waals surface area contributed by atoms with E-state index in [0.717, 1.165) is 11.3 Å². The molecule has 0 N–H and O–H groups in total. The Morgan fingerprint density at radius 1 is 1.07 bits per heavy atom. The summed E-state index contributed by atoms with van der Waals surface area (Å²) in [7, 11) is 1.68. The fourth-order valence-electron chi connectivity index (χ4n) is 3.08. The summed E-state index contributed by atoms with van der Waals surface area (Å²) in [5.74, 6) is 1.07. The number of hydrogen-bond donors (Lipinski definition) is 0. The van der Waals surface area contributed by atoms with Crippen LogP contribution in [0.5, 0.6) is 11.5 Å². The average Bonchev–Trinajstić information content (AvgIpc) is 3.21. The maximum atomic E-state index is 12.9. The van der Waals surface area contributed by atoms with Crippen molar-refractivity contribution in [2.45, 2.75) is 13.0 Å². The maximum absolute atomic E-state index is 12.9. The molecule has 1 amide bonds. The van der Waals surface area contributed by atoms with Crippen LogP contribution < -0.4 is 19.9 Å². The van der Waals surface area contributed by atoms with Gasteiger partial charge in [0, 0.05) is 24.4 Å². The number of fused-ring (bicyclic) bond motifs is 1. The molecule has 0 aliphatic carbocycles. The van der Waals surface area contributed by atoms with E-state index < -0.39 is 6.04 Å². The molecule has 3 aromatic rings. The van der Waals surface area contributed by atoms with Gasteiger partial charge in [0.2, 0.25) is 6.79 Å². The number of likely N-dealkylation sites (N-methyl/N-ethyl adjacent to an activating group) is 1. The number of hydrogen-bond acceptors (Lipinski definition) is 5. The fourth-order valence-corrected chi connectivity index (χ4v) is 3.08. The molecule has 2 aromatic carbocycles. The largest absolute Gasteiger partial charge is 0.454 e. The lowest BCUT2D eigenvalue weighted by molar-refractivity contribution is -0.121. The molecule has 0 bridgehead atoms. The zero-order valence-corrected chi connectivity index (χ0v) is 15.5. The number of anilines is 1. The zero-order valence-electron chi connectivity index (χ0n) is 15.5. The summed E-state index contributed by atoms with van der Waals surface area (Å²) < 4.78 is 11.9. The molecular formula is C21H19N3O4. The van der Waals surface area contributed by atoms with Gasteiger partial charge in [-0.3, -0.25) is 9.59 Å². The Labute approximate surface area is 161 Å². The van der Waals surface area contributed by atoms with E-state index in [4.69, 9.17) is 9.47 Å². The maximum Gasteiger partial charge on any atom is 0.267 e. The quantitative estimate of drug-likeness (QED) is 0.699. The van der Waals surface area contributed by atoms with E-state index in [1.54, 1.807) is 26.1 Å². The lowest BCUT2D eigenvalue weighted by atomic mass is 10.1. The van der Waals surface area contributed by atoms with Crippen molar-refractivity contribution in [2.75, 3.05) is 18.7 Å². The molecule has 0 radical (unpaired) electrons. The molecule has 1 unspecified atom stereocenters. The van der Waals surface area contributed by atoms with Crippen molar-refractivity contribution in [3.05, 3.63) is 71.0 Å². The Morgan fingerprint density at radius 3 is 2.61 bits per heavy atom. The van der Waals surface area contributed by atoms with Gasteiger partial charge in [-0.2, -0.15) is 5.10 Å². The monoisotopic (exact) mass is 377 g/mol. The van der Waals surface area contributed by atoms with Crippen molar-refractivity contribution < 1.29 is 14.3 Å². The van der Waals surface area contributed by atoms with Crippen molar-refractivity contribution in [3.63, 3.8) is 0 Å². The standard InChI is InChI=1S/C21H19N3O4/c1-14(21(26)23(2)16-6-4-3-5-7-16)24-20(25)11-9-17(22-24)15-8-10-18-19(12-15)28-13-27-18/h3-12,14H,13H2,1-2H3. The first kappa shape index (κ1) is 17.8. The molecule has 0 spiro atoms. The number of carbonyl (C=O) groups excluding carboxylic acids is 1. The smallest absolute Gasteiger partial charge is 0.267 e. The highest BCUT2D eigenvalue weighted by Gasteiger charge is 2.23. The number of amides is 1. The van der Waals surface area contributed by atoms with Crippen molar-refractivity contribution in [1.29, 1.82) is 0 Å². The Bertz CT molecular complexity index is 1080. The average molecular weight is 377 g/mol. The first-order valence-electron chi connectivity index (χ1n) is 8.87. The number of benzene rings is 2.